The van der Waals surface area contributed by atoms with Crippen molar-refractivity contribution in [2.45, 2.75) is 105 Å². The van der Waals surface area contributed by atoms with Crippen molar-refractivity contribution in [2.24, 2.45) is 10.8 Å². The topological polar surface area (TPSA) is 20.3 Å². The number of rotatable bonds is 5. The lowest BCUT2D eigenvalue weighted by Crippen LogP contribution is -2.57. The van der Waals surface area contributed by atoms with Crippen molar-refractivity contribution in [1.82, 2.24) is 4.90 Å². The normalized spacial score (nSPS) is 26.0. The van der Waals surface area contributed by atoms with E-state index in [-0.39, 0.29) is 17.0 Å². The van der Waals surface area contributed by atoms with Gasteiger partial charge >= 0.3 is 0 Å². The minimum atomic E-state index is -0.184. The monoisotopic (exact) mass is 295 g/mol. The summed E-state index contributed by atoms with van der Waals surface area (Å²) in [5.74, 6) is 0.378. The van der Waals surface area contributed by atoms with Crippen LogP contribution in [-0.4, -0.2) is 22.4 Å². The molecule has 1 fully saturated rings. The number of nitrogens with zero attached hydrogens (tertiary/aromatic N) is 1. The summed E-state index contributed by atoms with van der Waals surface area (Å²) in [6.45, 7) is 17.8. The van der Waals surface area contributed by atoms with Crippen LogP contribution in [0.5, 0.6) is 0 Å². The maximum absolute atomic E-state index is 13.4. The third-order valence-corrected chi connectivity index (χ3v) is 5.22. The molecule has 0 aliphatic heterocycles. The second-order valence-electron chi connectivity index (χ2n) is 9.09. The SMILES string of the molecule is CCCC(C)(C)N(C(=O)C1(C)CCCC(C)(C)C1)C(C)C. The predicted octanol–water partition coefficient (Wildman–Crippen LogP) is 5.41. The van der Waals surface area contributed by atoms with Gasteiger partial charge in [0.25, 0.3) is 0 Å². The first-order valence-electron chi connectivity index (χ1n) is 8.79. The zero-order valence-electron chi connectivity index (χ0n) is 15.7. The lowest BCUT2D eigenvalue weighted by molar-refractivity contribution is -0.154. The number of hydrogen-bond acceptors (Lipinski definition) is 1. The zero-order chi connectivity index (χ0) is 16.5. The lowest BCUT2D eigenvalue weighted by atomic mass is 9.63. The van der Waals surface area contributed by atoms with Gasteiger partial charge in [-0.1, -0.05) is 40.5 Å². The van der Waals surface area contributed by atoms with E-state index < -0.39 is 0 Å². The first-order valence-corrected chi connectivity index (χ1v) is 8.79. The molecule has 21 heavy (non-hydrogen) atoms. The number of hydrogen-bond donors (Lipinski definition) is 0. The van der Waals surface area contributed by atoms with Gasteiger partial charge in [-0.25, -0.2) is 0 Å². The van der Waals surface area contributed by atoms with E-state index in [1.807, 2.05) is 0 Å². The van der Waals surface area contributed by atoms with Crippen LogP contribution in [0.15, 0.2) is 0 Å². The smallest absolute Gasteiger partial charge is 0.229 e. The fourth-order valence-electron chi connectivity index (χ4n) is 4.60. The maximum Gasteiger partial charge on any atom is 0.229 e. The van der Waals surface area contributed by atoms with Crippen LogP contribution in [0.4, 0.5) is 0 Å². The van der Waals surface area contributed by atoms with E-state index in [9.17, 15) is 4.79 Å². The van der Waals surface area contributed by atoms with Gasteiger partial charge in [0, 0.05) is 17.0 Å². The van der Waals surface area contributed by atoms with E-state index in [1.54, 1.807) is 0 Å². The van der Waals surface area contributed by atoms with E-state index >= 15 is 0 Å². The molecule has 0 aromatic carbocycles. The average molecular weight is 296 g/mol. The van der Waals surface area contributed by atoms with E-state index in [4.69, 9.17) is 0 Å². The zero-order valence-corrected chi connectivity index (χ0v) is 15.7. The fraction of sp³-hybridized carbons (Fsp3) is 0.947. The molecule has 2 nitrogen and oxygen atoms in total. The Balaban J connectivity index is 3.06. The highest BCUT2D eigenvalue weighted by molar-refractivity contribution is 5.83. The standard InChI is InChI=1S/C19H37NO/c1-9-11-18(6,7)20(15(2)3)16(21)19(8)13-10-12-17(4,5)14-19/h15H,9-14H2,1-8H3. The molecule has 1 saturated carbocycles. The van der Waals surface area contributed by atoms with E-state index in [2.05, 4.69) is 60.3 Å². The van der Waals surface area contributed by atoms with Crippen molar-refractivity contribution in [2.75, 3.05) is 0 Å². The summed E-state index contributed by atoms with van der Waals surface area (Å²) in [7, 11) is 0. The summed E-state index contributed by atoms with van der Waals surface area (Å²) in [6, 6.07) is 0.265. The van der Waals surface area contributed by atoms with Gasteiger partial charge in [0.2, 0.25) is 5.91 Å². The van der Waals surface area contributed by atoms with Crippen LogP contribution in [0.3, 0.4) is 0 Å². The Labute approximate surface area is 132 Å². The quantitative estimate of drug-likeness (QED) is 0.664. The Kier molecular flexibility index (Phi) is 5.56. The van der Waals surface area contributed by atoms with Crippen LogP contribution in [0, 0.1) is 10.8 Å². The fourth-order valence-corrected chi connectivity index (χ4v) is 4.60. The highest BCUT2D eigenvalue weighted by Crippen LogP contribution is 2.48. The minimum absolute atomic E-state index is 0.0510. The highest BCUT2D eigenvalue weighted by Gasteiger charge is 2.46. The van der Waals surface area contributed by atoms with Gasteiger partial charge in [-0.2, -0.15) is 0 Å². The summed E-state index contributed by atoms with van der Waals surface area (Å²) >= 11 is 0. The van der Waals surface area contributed by atoms with Gasteiger partial charge in [-0.3, -0.25) is 4.79 Å². The summed E-state index contributed by atoms with van der Waals surface area (Å²) in [6.07, 6.45) is 6.67. The summed E-state index contributed by atoms with van der Waals surface area (Å²) in [4.78, 5) is 15.6. The van der Waals surface area contributed by atoms with Gasteiger partial charge in [-0.15, -0.1) is 0 Å². The van der Waals surface area contributed by atoms with Crippen molar-refractivity contribution < 1.29 is 4.79 Å². The molecule has 0 aromatic heterocycles. The van der Waals surface area contributed by atoms with E-state index in [0.717, 1.165) is 25.7 Å². The van der Waals surface area contributed by atoms with Gasteiger partial charge in [-0.05, 0) is 58.8 Å². The van der Waals surface area contributed by atoms with Gasteiger partial charge in [0.05, 0.1) is 0 Å². The van der Waals surface area contributed by atoms with Crippen LogP contribution >= 0.6 is 0 Å². The second kappa shape index (κ2) is 6.30. The summed E-state index contributed by atoms with van der Waals surface area (Å²) in [5, 5.41) is 0. The van der Waals surface area contributed by atoms with Crippen molar-refractivity contribution >= 4 is 5.91 Å². The molecular formula is C19H37NO. The Morgan fingerprint density at radius 3 is 2.19 bits per heavy atom. The van der Waals surface area contributed by atoms with Crippen LogP contribution < -0.4 is 0 Å². The Morgan fingerprint density at radius 2 is 1.76 bits per heavy atom. The Morgan fingerprint density at radius 1 is 1.19 bits per heavy atom. The highest BCUT2D eigenvalue weighted by atomic mass is 16.2. The summed E-state index contributed by atoms with van der Waals surface area (Å²) < 4.78 is 0. The molecule has 1 aliphatic rings. The Bertz CT molecular complexity index is 370. The molecule has 0 bridgehead atoms. The third-order valence-electron chi connectivity index (χ3n) is 5.22. The van der Waals surface area contributed by atoms with Crippen molar-refractivity contribution in [1.29, 1.82) is 0 Å². The molecule has 0 saturated heterocycles. The second-order valence-corrected chi connectivity index (χ2v) is 9.09. The molecule has 0 aromatic rings. The molecule has 1 amide bonds. The minimum Gasteiger partial charge on any atom is -0.335 e. The van der Waals surface area contributed by atoms with Gasteiger partial charge < -0.3 is 4.90 Å². The predicted molar refractivity (Wildman–Crippen MR) is 91.3 cm³/mol. The number of carbonyl (C=O) groups is 1. The van der Waals surface area contributed by atoms with Crippen LogP contribution in [-0.2, 0) is 4.79 Å². The van der Waals surface area contributed by atoms with Gasteiger partial charge in [0.15, 0.2) is 0 Å². The van der Waals surface area contributed by atoms with Crippen LogP contribution in [0.25, 0.3) is 0 Å². The van der Waals surface area contributed by atoms with Crippen molar-refractivity contribution in [3.63, 3.8) is 0 Å². The van der Waals surface area contributed by atoms with E-state index in [0.29, 0.717) is 11.3 Å². The molecule has 1 aliphatic carbocycles. The van der Waals surface area contributed by atoms with Crippen molar-refractivity contribution in [3.8, 4) is 0 Å². The largest absolute Gasteiger partial charge is 0.335 e. The van der Waals surface area contributed by atoms with Gasteiger partial charge in [0.1, 0.15) is 0 Å². The number of carbonyl (C=O) groups excluding carboxylic acids is 1. The van der Waals surface area contributed by atoms with Crippen LogP contribution in [0.1, 0.15) is 93.9 Å². The molecule has 1 rings (SSSR count). The molecule has 1 unspecified atom stereocenters. The number of amides is 1. The average Bonchev–Trinajstić information content (AvgIpc) is 2.25. The maximum atomic E-state index is 13.4. The lowest BCUT2D eigenvalue weighted by Gasteiger charge is -2.49. The third kappa shape index (κ3) is 4.23. The first-order chi connectivity index (χ1) is 9.45. The summed E-state index contributed by atoms with van der Waals surface area (Å²) in [5.41, 5.74) is 0.0574. The molecule has 124 valence electrons. The molecular weight excluding hydrogens is 258 g/mol. The van der Waals surface area contributed by atoms with Crippen molar-refractivity contribution in [3.05, 3.63) is 0 Å². The Hall–Kier alpha value is -0.530. The molecule has 0 spiro atoms. The molecule has 0 radical (unpaired) electrons. The molecule has 1 atom stereocenters. The first kappa shape index (κ1) is 18.5. The molecule has 0 heterocycles. The molecule has 0 N–H and O–H groups in total. The van der Waals surface area contributed by atoms with Crippen LogP contribution in [0.2, 0.25) is 0 Å². The molecule has 2 heteroatoms. The van der Waals surface area contributed by atoms with E-state index in [1.165, 1.54) is 12.8 Å².